The molecule has 5 rings (SSSR count). The predicted molar refractivity (Wildman–Crippen MR) is 126 cm³/mol. The van der Waals surface area contributed by atoms with Crippen molar-refractivity contribution in [3.63, 3.8) is 0 Å². The summed E-state index contributed by atoms with van der Waals surface area (Å²) in [5.41, 5.74) is 10.2. The second-order valence-electron chi connectivity index (χ2n) is 8.58. The molecule has 1 amide bonds. The molecule has 32 heavy (non-hydrogen) atoms. The zero-order valence-electron chi connectivity index (χ0n) is 18.0. The van der Waals surface area contributed by atoms with Gasteiger partial charge in [0.15, 0.2) is 5.76 Å². The van der Waals surface area contributed by atoms with E-state index in [0.29, 0.717) is 12.3 Å². The molecule has 0 saturated heterocycles. The summed E-state index contributed by atoms with van der Waals surface area (Å²) in [4.78, 5) is 19.6. The number of carbonyl (C=O) groups excluding carboxylic acids is 1. The van der Waals surface area contributed by atoms with Gasteiger partial charge in [-0.3, -0.25) is 9.78 Å². The fraction of sp³-hybridized carbons (Fsp3) is 0.259. The minimum atomic E-state index is -0.0557. The molecular weight excluding hydrogens is 398 g/mol. The van der Waals surface area contributed by atoms with Crippen LogP contribution >= 0.6 is 0 Å². The third kappa shape index (κ3) is 4.30. The highest BCUT2D eigenvalue weighted by atomic mass is 16.3. The van der Waals surface area contributed by atoms with Crippen molar-refractivity contribution in [2.45, 2.75) is 44.3 Å². The van der Waals surface area contributed by atoms with Crippen LogP contribution in [0.4, 0.5) is 0 Å². The Morgan fingerprint density at radius 3 is 2.34 bits per heavy atom. The number of fused-ring (bicyclic) bond motifs is 1. The van der Waals surface area contributed by atoms with E-state index in [-0.39, 0.29) is 18.0 Å². The van der Waals surface area contributed by atoms with E-state index >= 15 is 0 Å². The van der Waals surface area contributed by atoms with Crippen LogP contribution in [0.5, 0.6) is 0 Å². The number of nitrogens with zero attached hydrogens (tertiary/aromatic N) is 2. The highest BCUT2D eigenvalue weighted by molar-refractivity contribution is 5.96. The Morgan fingerprint density at radius 2 is 1.62 bits per heavy atom. The molecule has 0 aliphatic heterocycles. The van der Waals surface area contributed by atoms with Gasteiger partial charge in [-0.05, 0) is 66.6 Å². The van der Waals surface area contributed by atoms with Gasteiger partial charge in [-0.2, -0.15) is 0 Å². The van der Waals surface area contributed by atoms with Crippen LogP contribution in [0.15, 0.2) is 83.5 Å². The average Bonchev–Trinajstić information content (AvgIpc) is 3.28. The first-order valence-electron chi connectivity index (χ1n) is 11.2. The van der Waals surface area contributed by atoms with E-state index in [2.05, 4.69) is 29.2 Å². The second-order valence-corrected chi connectivity index (χ2v) is 8.58. The van der Waals surface area contributed by atoms with E-state index in [1.54, 1.807) is 12.4 Å². The summed E-state index contributed by atoms with van der Waals surface area (Å²) in [6.07, 6.45) is 7.31. The van der Waals surface area contributed by atoms with E-state index in [1.807, 2.05) is 47.4 Å². The summed E-state index contributed by atoms with van der Waals surface area (Å²) in [5.74, 6) is 0.342. The van der Waals surface area contributed by atoms with Crippen molar-refractivity contribution >= 4 is 16.9 Å². The number of hydrogen-bond acceptors (Lipinski definition) is 4. The number of hydrogen-bond donors (Lipinski definition) is 1. The number of amides is 1. The largest absolute Gasteiger partial charge is 0.451 e. The van der Waals surface area contributed by atoms with Gasteiger partial charge < -0.3 is 15.1 Å². The van der Waals surface area contributed by atoms with Gasteiger partial charge in [0.05, 0.1) is 0 Å². The second kappa shape index (κ2) is 8.97. The van der Waals surface area contributed by atoms with Gasteiger partial charge in [0.2, 0.25) is 0 Å². The maximum Gasteiger partial charge on any atom is 0.290 e. The van der Waals surface area contributed by atoms with E-state index in [9.17, 15) is 4.79 Å². The fourth-order valence-corrected chi connectivity index (χ4v) is 4.55. The molecule has 1 saturated carbocycles. The van der Waals surface area contributed by atoms with E-state index in [0.717, 1.165) is 53.3 Å². The van der Waals surface area contributed by atoms with Crippen molar-refractivity contribution in [3.05, 3.63) is 90.4 Å². The number of para-hydroxylation sites is 1. The molecule has 1 aliphatic rings. The van der Waals surface area contributed by atoms with Crippen LogP contribution in [0.25, 0.3) is 22.1 Å². The summed E-state index contributed by atoms with van der Waals surface area (Å²) in [7, 11) is 0. The van der Waals surface area contributed by atoms with Gasteiger partial charge in [0.1, 0.15) is 5.58 Å². The first-order chi connectivity index (χ1) is 15.7. The van der Waals surface area contributed by atoms with E-state index in [4.69, 9.17) is 10.2 Å². The molecular formula is C27H27N3O2. The SMILES string of the molecule is NC1CCC(N(Cc2ccc(-c3ccncc3)cc2)C(=O)c2cc3ccccc3o2)CC1. The number of carbonyl (C=O) groups is 1. The molecule has 5 nitrogen and oxygen atoms in total. The average molecular weight is 426 g/mol. The molecule has 2 aromatic heterocycles. The molecule has 2 heterocycles. The lowest BCUT2D eigenvalue weighted by Crippen LogP contribution is -2.43. The van der Waals surface area contributed by atoms with Crippen LogP contribution in [-0.2, 0) is 6.54 Å². The molecule has 1 fully saturated rings. The number of nitrogens with two attached hydrogens (primary N) is 1. The number of aromatic nitrogens is 1. The highest BCUT2D eigenvalue weighted by Crippen LogP contribution is 2.28. The van der Waals surface area contributed by atoms with Crippen LogP contribution in [0, 0.1) is 0 Å². The highest BCUT2D eigenvalue weighted by Gasteiger charge is 2.30. The molecule has 1 aliphatic carbocycles. The van der Waals surface area contributed by atoms with Gasteiger partial charge in [-0.15, -0.1) is 0 Å². The summed E-state index contributed by atoms with van der Waals surface area (Å²) < 4.78 is 5.92. The van der Waals surface area contributed by atoms with Crippen LogP contribution in [0.3, 0.4) is 0 Å². The molecule has 2 N–H and O–H groups in total. The number of furan rings is 1. The Kier molecular flexibility index (Phi) is 5.73. The minimum absolute atomic E-state index is 0.0557. The van der Waals surface area contributed by atoms with E-state index in [1.165, 1.54) is 0 Å². The third-order valence-corrected chi connectivity index (χ3v) is 6.40. The van der Waals surface area contributed by atoms with Crippen molar-refractivity contribution in [2.24, 2.45) is 5.73 Å². The van der Waals surface area contributed by atoms with Crippen molar-refractivity contribution < 1.29 is 9.21 Å². The standard InChI is InChI=1S/C27H27N3O2/c28-23-9-11-24(12-10-23)30(27(31)26-17-22-3-1-2-4-25(22)32-26)18-19-5-7-20(8-6-19)21-13-15-29-16-14-21/h1-8,13-17,23-24H,9-12,18,28H2. The quantitative estimate of drug-likeness (QED) is 0.464. The lowest BCUT2D eigenvalue weighted by Gasteiger charge is -2.35. The van der Waals surface area contributed by atoms with Crippen LogP contribution in [0.2, 0.25) is 0 Å². The Bertz CT molecular complexity index is 1160. The lowest BCUT2D eigenvalue weighted by molar-refractivity contribution is 0.0576. The number of rotatable bonds is 5. The van der Waals surface area contributed by atoms with Gasteiger partial charge in [-0.1, -0.05) is 42.5 Å². The Morgan fingerprint density at radius 1 is 0.938 bits per heavy atom. The first kappa shape index (κ1) is 20.5. The normalized spacial score (nSPS) is 18.5. The van der Waals surface area contributed by atoms with Gasteiger partial charge in [0, 0.05) is 36.4 Å². The molecule has 5 heteroatoms. The number of pyridine rings is 1. The Labute approximate surface area is 187 Å². The monoisotopic (exact) mass is 425 g/mol. The Hall–Kier alpha value is -3.44. The molecule has 2 aromatic carbocycles. The summed E-state index contributed by atoms with van der Waals surface area (Å²) >= 11 is 0. The summed E-state index contributed by atoms with van der Waals surface area (Å²) in [6.45, 7) is 0.548. The van der Waals surface area contributed by atoms with Crippen molar-refractivity contribution in [1.29, 1.82) is 0 Å². The Balaban J connectivity index is 1.41. The molecule has 4 aromatic rings. The molecule has 0 unspecified atom stereocenters. The molecule has 0 radical (unpaired) electrons. The maximum absolute atomic E-state index is 13.6. The topological polar surface area (TPSA) is 72.4 Å². The molecule has 0 atom stereocenters. The zero-order valence-corrected chi connectivity index (χ0v) is 18.0. The van der Waals surface area contributed by atoms with Crippen molar-refractivity contribution in [1.82, 2.24) is 9.88 Å². The van der Waals surface area contributed by atoms with Crippen molar-refractivity contribution in [2.75, 3.05) is 0 Å². The molecule has 162 valence electrons. The smallest absolute Gasteiger partial charge is 0.290 e. The fourth-order valence-electron chi connectivity index (χ4n) is 4.55. The van der Waals surface area contributed by atoms with Crippen LogP contribution in [0.1, 0.15) is 41.8 Å². The van der Waals surface area contributed by atoms with Crippen LogP contribution in [-0.4, -0.2) is 27.9 Å². The lowest BCUT2D eigenvalue weighted by atomic mass is 9.90. The van der Waals surface area contributed by atoms with E-state index < -0.39 is 0 Å². The summed E-state index contributed by atoms with van der Waals surface area (Å²) in [6, 6.07) is 22.4. The predicted octanol–water partition coefficient (Wildman–Crippen LogP) is 5.41. The van der Waals surface area contributed by atoms with Crippen molar-refractivity contribution in [3.8, 4) is 11.1 Å². The third-order valence-electron chi connectivity index (χ3n) is 6.40. The molecule has 0 spiro atoms. The van der Waals surface area contributed by atoms with Gasteiger partial charge >= 0.3 is 0 Å². The summed E-state index contributed by atoms with van der Waals surface area (Å²) in [5, 5.41) is 0.947. The van der Waals surface area contributed by atoms with Crippen LogP contribution < -0.4 is 5.73 Å². The molecule has 0 bridgehead atoms. The number of benzene rings is 2. The van der Waals surface area contributed by atoms with Gasteiger partial charge in [-0.25, -0.2) is 0 Å². The zero-order chi connectivity index (χ0) is 21.9. The minimum Gasteiger partial charge on any atom is -0.451 e. The maximum atomic E-state index is 13.6. The first-order valence-corrected chi connectivity index (χ1v) is 11.2. The van der Waals surface area contributed by atoms with Gasteiger partial charge in [0.25, 0.3) is 5.91 Å².